The van der Waals surface area contributed by atoms with E-state index in [1.165, 1.54) is 4.90 Å². The number of benzene rings is 2. The molecule has 8 heteroatoms. The van der Waals surface area contributed by atoms with Crippen molar-refractivity contribution in [1.82, 2.24) is 4.90 Å². The summed E-state index contributed by atoms with van der Waals surface area (Å²) in [6, 6.07) is 10.3. The molecule has 3 saturated heterocycles. The van der Waals surface area contributed by atoms with Crippen molar-refractivity contribution in [3.05, 3.63) is 57.6 Å². The van der Waals surface area contributed by atoms with Crippen LogP contribution < -0.4 is 10.2 Å². The van der Waals surface area contributed by atoms with Gasteiger partial charge in [0.1, 0.15) is 5.54 Å². The third-order valence-corrected chi connectivity index (χ3v) is 7.78. The molecule has 3 fully saturated rings. The lowest BCUT2D eigenvalue weighted by atomic mass is 9.75. The van der Waals surface area contributed by atoms with Gasteiger partial charge in [-0.3, -0.25) is 19.3 Å². The molecule has 1 spiro atoms. The van der Waals surface area contributed by atoms with Gasteiger partial charge in [-0.25, -0.2) is 4.90 Å². The van der Waals surface area contributed by atoms with Crippen LogP contribution in [0.15, 0.2) is 36.4 Å². The molecule has 3 amide bonds. The van der Waals surface area contributed by atoms with Gasteiger partial charge >= 0.3 is 0 Å². The lowest BCUT2D eigenvalue weighted by Crippen LogP contribution is -2.54. The van der Waals surface area contributed by atoms with Crippen LogP contribution in [0, 0.1) is 18.8 Å². The van der Waals surface area contributed by atoms with Crippen LogP contribution in [-0.2, 0) is 19.9 Å². The summed E-state index contributed by atoms with van der Waals surface area (Å²) in [4.78, 5) is 44.4. The number of fused-ring (bicyclic) bond motifs is 7. The van der Waals surface area contributed by atoms with Crippen LogP contribution in [0.3, 0.4) is 0 Å². The fourth-order valence-corrected chi connectivity index (χ4v) is 6.81. The van der Waals surface area contributed by atoms with Crippen LogP contribution in [0.4, 0.5) is 11.4 Å². The highest BCUT2D eigenvalue weighted by molar-refractivity contribution is 6.36. The third kappa shape index (κ3) is 2.25. The van der Waals surface area contributed by atoms with Gasteiger partial charge in [0.25, 0.3) is 0 Å². The summed E-state index contributed by atoms with van der Waals surface area (Å²) < 4.78 is 0. The average molecular weight is 456 g/mol. The number of aryl methyl sites for hydroxylation is 1. The number of carbonyl (C=O) groups excluding carboxylic acids is 3. The first kappa shape index (κ1) is 19.3. The van der Waals surface area contributed by atoms with E-state index in [1.54, 1.807) is 18.2 Å². The molecule has 0 radical (unpaired) electrons. The predicted molar refractivity (Wildman–Crippen MR) is 117 cm³/mol. The number of imide groups is 1. The van der Waals surface area contributed by atoms with Crippen molar-refractivity contribution in [2.75, 3.05) is 16.8 Å². The Labute approximate surface area is 189 Å². The van der Waals surface area contributed by atoms with Gasteiger partial charge in [-0.15, -0.1) is 0 Å². The maximum atomic E-state index is 13.9. The molecule has 1 N–H and O–H groups in total. The summed E-state index contributed by atoms with van der Waals surface area (Å²) in [6.07, 6.45) is 1.66. The number of para-hydroxylation sites is 1. The summed E-state index contributed by atoms with van der Waals surface area (Å²) in [7, 11) is 0. The van der Waals surface area contributed by atoms with E-state index in [2.05, 4.69) is 10.2 Å². The first-order valence-corrected chi connectivity index (χ1v) is 11.1. The van der Waals surface area contributed by atoms with E-state index >= 15 is 0 Å². The fourth-order valence-electron chi connectivity index (χ4n) is 6.30. The number of hydrogen-bond donors (Lipinski definition) is 1. The maximum absolute atomic E-state index is 13.9. The molecule has 2 aromatic carbocycles. The largest absolute Gasteiger partial charge is 0.324 e. The van der Waals surface area contributed by atoms with E-state index in [1.807, 2.05) is 25.1 Å². The monoisotopic (exact) mass is 455 g/mol. The number of hydrogen-bond acceptors (Lipinski definition) is 4. The van der Waals surface area contributed by atoms with Crippen molar-refractivity contribution in [3.63, 3.8) is 0 Å². The first-order valence-electron chi connectivity index (χ1n) is 10.4. The van der Waals surface area contributed by atoms with Crippen molar-refractivity contribution < 1.29 is 14.4 Å². The minimum Gasteiger partial charge on any atom is -0.324 e. The van der Waals surface area contributed by atoms with E-state index in [9.17, 15) is 14.4 Å². The molecule has 2 aromatic rings. The van der Waals surface area contributed by atoms with Gasteiger partial charge in [0, 0.05) is 27.3 Å². The predicted octanol–water partition coefficient (Wildman–Crippen LogP) is 3.73. The molecular formula is C23H19Cl2N3O3. The fraction of sp³-hybridized carbons (Fsp3) is 0.348. The quantitative estimate of drug-likeness (QED) is 0.665. The summed E-state index contributed by atoms with van der Waals surface area (Å²) in [6.45, 7) is 2.62. The second-order valence-electron chi connectivity index (χ2n) is 8.76. The number of rotatable bonds is 1. The molecule has 6 rings (SSSR count). The normalized spacial score (nSPS) is 31.4. The summed E-state index contributed by atoms with van der Waals surface area (Å²) in [5.74, 6) is -2.23. The molecule has 4 aliphatic rings. The van der Waals surface area contributed by atoms with Gasteiger partial charge in [0.05, 0.1) is 17.5 Å². The molecule has 4 heterocycles. The van der Waals surface area contributed by atoms with Crippen LogP contribution in [0.5, 0.6) is 0 Å². The van der Waals surface area contributed by atoms with Crippen LogP contribution in [0.25, 0.3) is 0 Å². The number of anilines is 2. The van der Waals surface area contributed by atoms with Crippen LogP contribution in [0.2, 0.25) is 10.0 Å². The Kier molecular flexibility index (Phi) is 3.93. The van der Waals surface area contributed by atoms with E-state index in [0.29, 0.717) is 22.3 Å². The summed E-state index contributed by atoms with van der Waals surface area (Å²) in [5, 5.41) is 3.72. The second-order valence-corrected chi connectivity index (χ2v) is 9.64. The van der Waals surface area contributed by atoms with E-state index < -0.39 is 17.4 Å². The van der Waals surface area contributed by atoms with Crippen molar-refractivity contribution in [3.8, 4) is 0 Å². The van der Waals surface area contributed by atoms with E-state index in [-0.39, 0.29) is 23.8 Å². The Morgan fingerprint density at radius 2 is 1.81 bits per heavy atom. The van der Waals surface area contributed by atoms with Gasteiger partial charge in [-0.2, -0.15) is 0 Å². The molecule has 158 valence electrons. The SMILES string of the molecule is Cc1cccc2c1NC(=O)C21C2C(=O)N(c3cc(Cl)cc(Cl)c3)C(=O)C2C2CCCN21. The van der Waals surface area contributed by atoms with Crippen LogP contribution in [-0.4, -0.2) is 35.2 Å². The Balaban J connectivity index is 1.57. The Hall–Kier alpha value is -2.41. The van der Waals surface area contributed by atoms with Gasteiger partial charge in [0.15, 0.2) is 0 Å². The second kappa shape index (κ2) is 6.31. The number of nitrogens with zero attached hydrogens (tertiary/aromatic N) is 2. The molecule has 0 aliphatic carbocycles. The van der Waals surface area contributed by atoms with E-state index in [4.69, 9.17) is 23.2 Å². The lowest BCUT2D eigenvalue weighted by molar-refractivity contribution is -0.135. The highest BCUT2D eigenvalue weighted by atomic mass is 35.5. The molecule has 4 atom stereocenters. The summed E-state index contributed by atoms with van der Waals surface area (Å²) >= 11 is 12.3. The number of nitrogens with one attached hydrogen (secondary N) is 1. The lowest BCUT2D eigenvalue weighted by Gasteiger charge is -2.36. The van der Waals surface area contributed by atoms with Gasteiger partial charge in [-0.1, -0.05) is 41.4 Å². The molecule has 31 heavy (non-hydrogen) atoms. The molecule has 6 nitrogen and oxygen atoms in total. The van der Waals surface area contributed by atoms with Gasteiger partial charge in [-0.05, 0) is 50.1 Å². The molecular weight excluding hydrogens is 437 g/mol. The van der Waals surface area contributed by atoms with Crippen molar-refractivity contribution in [2.24, 2.45) is 11.8 Å². The van der Waals surface area contributed by atoms with Crippen molar-refractivity contribution in [2.45, 2.75) is 31.3 Å². The maximum Gasteiger partial charge on any atom is 0.250 e. The van der Waals surface area contributed by atoms with Crippen molar-refractivity contribution in [1.29, 1.82) is 0 Å². The number of amides is 3. The summed E-state index contributed by atoms with van der Waals surface area (Å²) in [5.41, 5.74) is 1.67. The zero-order valence-electron chi connectivity index (χ0n) is 16.7. The zero-order chi connectivity index (χ0) is 21.7. The van der Waals surface area contributed by atoms with Crippen molar-refractivity contribution >= 4 is 52.3 Å². The Morgan fingerprint density at radius 1 is 1.06 bits per heavy atom. The Bertz CT molecular complexity index is 1180. The van der Waals surface area contributed by atoms with Crippen LogP contribution >= 0.6 is 23.2 Å². The van der Waals surface area contributed by atoms with E-state index in [0.717, 1.165) is 29.7 Å². The standard InChI is InChI=1S/C23H19Cl2N3O3/c1-11-4-2-5-15-19(11)26-22(31)23(15)18-17(16-6-3-7-27(16)23)20(29)28(21(18)30)14-9-12(24)8-13(25)10-14/h2,4-5,8-10,16-18H,3,6-7H2,1H3,(H,26,31). The number of carbonyl (C=O) groups is 3. The van der Waals surface area contributed by atoms with Crippen LogP contribution in [0.1, 0.15) is 24.0 Å². The smallest absolute Gasteiger partial charge is 0.250 e. The number of halogens is 2. The minimum absolute atomic E-state index is 0.154. The average Bonchev–Trinajstić information content (AvgIpc) is 3.40. The highest BCUT2D eigenvalue weighted by Crippen LogP contribution is 2.61. The topological polar surface area (TPSA) is 69.7 Å². The molecule has 4 unspecified atom stereocenters. The third-order valence-electron chi connectivity index (χ3n) is 7.34. The highest BCUT2D eigenvalue weighted by Gasteiger charge is 2.74. The molecule has 0 saturated carbocycles. The minimum atomic E-state index is -1.17. The van der Waals surface area contributed by atoms with Gasteiger partial charge in [0.2, 0.25) is 17.7 Å². The Morgan fingerprint density at radius 3 is 2.55 bits per heavy atom. The molecule has 0 aromatic heterocycles. The molecule has 4 aliphatic heterocycles. The zero-order valence-corrected chi connectivity index (χ0v) is 18.2. The first-order chi connectivity index (χ1) is 14.9. The molecule has 0 bridgehead atoms. The van der Waals surface area contributed by atoms with Gasteiger partial charge < -0.3 is 5.32 Å².